The summed E-state index contributed by atoms with van der Waals surface area (Å²) in [5.74, 6) is 2.87. The van der Waals surface area contributed by atoms with Crippen LogP contribution in [0, 0.1) is 0 Å². The average Bonchev–Trinajstić information content (AvgIpc) is 3.35. The van der Waals surface area contributed by atoms with E-state index in [2.05, 4.69) is 20.7 Å². The number of urea groups is 1. The van der Waals surface area contributed by atoms with E-state index in [4.69, 9.17) is 0 Å². The third kappa shape index (κ3) is 5.85. The predicted molar refractivity (Wildman–Crippen MR) is 121 cm³/mol. The monoisotopic (exact) mass is 436 g/mol. The highest BCUT2D eigenvalue weighted by Gasteiger charge is 2.16. The van der Waals surface area contributed by atoms with Gasteiger partial charge in [0.1, 0.15) is 0 Å². The van der Waals surface area contributed by atoms with Gasteiger partial charge in [-0.1, -0.05) is 12.1 Å². The molecule has 160 valence electrons. The third-order valence-electron chi connectivity index (χ3n) is 4.93. The molecular weight excluding hydrogens is 412 g/mol. The number of anilines is 1. The van der Waals surface area contributed by atoms with Crippen LogP contribution in [0.4, 0.5) is 10.5 Å². The lowest BCUT2D eigenvalue weighted by Gasteiger charge is -2.26. The zero-order valence-electron chi connectivity index (χ0n) is 17.0. The Labute approximate surface area is 185 Å². The lowest BCUT2D eigenvalue weighted by molar-refractivity contribution is -0.130. The maximum atomic E-state index is 12.4. The van der Waals surface area contributed by atoms with Crippen molar-refractivity contribution in [3.8, 4) is 5.82 Å². The van der Waals surface area contributed by atoms with Gasteiger partial charge in [0.25, 0.3) is 0 Å². The fraction of sp³-hybridized carbons (Fsp3) is 0.273. The molecule has 0 unspecified atom stereocenters. The number of carbonyl (C=O) groups excluding carboxylic acids is 2. The summed E-state index contributed by atoms with van der Waals surface area (Å²) in [6.45, 7) is 2.01. The van der Waals surface area contributed by atoms with Crippen LogP contribution in [0.3, 0.4) is 0 Å². The Morgan fingerprint density at radius 2 is 1.84 bits per heavy atom. The van der Waals surface area contributed by atoms with Crippen LogP contribution in [0.1, 0.15) is 11.1 Å². The standard InChI is InChI=1S/C22H24N6O2S/c29-21(27-10-12-31-13-11-27)15-17-2-4-19(5-3-17)26-22(30)24-16-18-6-8-23-20(14-18)28-9-1-7-25-28/h1-9,14H,10-13,15-16H2,(H2,24,26,30). The van der Waals surface area contributed by atoms with Gasteiger partial charge in [0.2, 0.25) is 5.91 Å². The van der Waals surface area contributed by atoms with Crippen LogP contribution in [-0.2, 0) is 17.8 Å². The van der Waals surface area contributed by atoms with Crippen molar-refractivity contribution < 1.29 is 9.59 Å². The summed E-state index contributed by atoms with van der Waals surface area (Å²) in [5, 5.41) is 9.82. The molecule has 2 N–H and O–H groups in total. The number of pyridine rings is 1. The molecule has 0 aliphatic carbocycles. The van der Waals surface area contributed by atoms with Gasteiger partial charge in [0.05, 0.1) is 6.42 Å². The number of nitrogens with one attached hydrogen (secondary N) is 2. The number of amides is 3. The topological polar surface area (TPSA) is 92.1 Å². The van der Waals surface area contributed by atoms with Gasteiger partial charge in [-0.2, -0.15) is 16.9 Å². The highest BCUT2D eigenvalue weighted by Crippen LogP contribution is 2.14. The Balaban J connectivity index is 1.26. The molecule has 0 saturated carbocycles. The first-order valence-electron chi connectivity index (χ1n) is 10.1. The molecule has 2 aromatic heterocycles. The van der Waals surface area contributed by atoms with Crippen molar-refractivity contribution in [1.82, 2.24) is 25.0 Å². The van der Waals surface area contributed by atoms with Gasteiger partial charge in [-0.15, -0.1) is 0 Å². The normalized spacial score (nSPS) is 13.6. The Hall–Kier alpha value is -3.33. The van der Waals surface area contributed by atoms with Crippen molar-refractivity contribution in [1.29, 1.82) is 0 Å². The van der Waals surface area contributed by atoms with E-state index >= 15 is 0 Å². The number of nitrogens with zero attached hydrogens (tertiary/aromatic N) is 4. The van der Waals surface area contributed by atoms with Crippen LogP contribution in [0.25, 0.3) is 5.82 Å². The second kappa shape index (κ2) is 10.1. The van der Waals surface area contributed by atoms with Crippen molar-refractivity contribution in [2.45, 2.75) is 13.0 Å². The first kappa shape index (κ1) is 20.9. The van der Waals surface area contributed by atoms with Crippen molar-refractivity contribution in [2.24, 2.45) is 0 Å². The maximum Gasteiger partial charge on any atom is 0.319 e. The Bertz CT molecular complexity index is 1020. The summed E-state index contributed by atoms with van der Waals surface area (Å²) in [7, 11) is 0. The number of benzene rings is 1. The average molecular weight is 437 g/mol. The molecule has 1 aliphatic heterocycles. The highest BCUT2D eigenvalue weighted by molar-refractivity contribution is 7.99. The number of thioether (sulfide) groups is 1. The highest BCUT2D eigenvalue weighted by atomic mass is 32.2. The largest absolute Gasteiger partial charge is 0.341 e. The molecule has 0 radical (unpaired) electrons. The van der Waals surface area contributed by atoms with Gasteiger partial charge in [-0.3, -0.25) is 4.79 Å². The summed E-state index contributed by atoms with van der Waals surface area (Å²) in [6, 6.07) is 12.6. The minimum absolute atomic E-state index is 0.158. The number of carbonyl (C=O) groups is 2. The van der Waals surface area contributed by atoms with E-state index in [0.717, 1.165) is 35.7 Å². The van der Waals surface area contributed by atoms with E-state index in [9.17, 15) is 9.59 Å². The Morgan fingerprint density at radius 3 is 2.58 bits per heavy atom. The summed E-state index contributed by atoms with van der Waals surface area (Å²) < 4.78 is 1.67. The van der Waals surface area contributed by atoms with Crippen molar-refractivity contribution in [2.75, 3.05) is 29.9 Å². The quantitative estimate of drug-likeness (QED) is 0.620. The Morgan fingerprint density at radius 1 is 1.03 bits per heavy atom. The zero-order valence-corrected chi connectivity index (χ0v) is 17.8. The molecule has 1 saturated heterocycles. The van der Waals surface area contributed by atoms with Crippen molar-refractivity contribution in [3.05, 3.63) is 72.2 Å². The molecule has 0 bridgehead atoms. The van der Waals surface area contributed by atoms with Crippen LogP contribution in [0.15, 0.2) is 61.1 Å². The summed E-state index contributed by atoms with van der Waals surface area (Å²) in [6.07, 6.45) is 5.58. The van der Waals surface area contributed by atoms with Crippen LogP contribution >= 0.6 is 11.8 Å². The lowest BCUT2D eigenvalue weighted by atomic mass is 10.1. The van der Waals surface area contributed by atoms with Gasteiger partial charge >= 0.3 is 6.03 Å². The van der Waals surface area contributed by atoms with Crippen LogP contribution in [0.5, 0.6) is 0 Å². The minimum Gasteiger partial charge on any atom is -0.341 e. The lowest BCUT2D eigenvalue weighted by Crippen LogP contribution is -2.38. The molecule has 0 atom stereocenters. The number of hydrogen-bond donors (Lipinski definition) is 2. The predicted octanol–water partition coefficient (Wildman–Crippen LogP) is 2.71. The second-order valence-corrected chi connectivity index (χ2v) is 8.37. The zero-order chi connectivity index (χ0) is 21.5. The molecule has 9 heteroatoms. The SMILES string of the molecule is O=C(NCc1ccnc(-n2cccn2)c1)Nc1ccc(CC(=O)N2CCSCC2)cc1. The molecule has 0 spiro atoms. The summed E-state index contributed by atoms with van der Waals surface area (Å²) in [5.41, 5.74) is 2.53. The first-order valence-corrected chi connectivity index (χ1v) is 11.3. The van der Waals surface area contributed by atoms with E-state index in [1.165, 1.54) is 0 Å². The molecule has 1 aromatic carbocycles. The first-order chi connectivity index (χ1) is 15.2. The van der Waals surface area contributed by atoms with Crippen LogP contribution in [-0.4, -0.2) is 56.2 Å². The molecule has 1 aliphatic rings. The molecular formula is C22H24N6O2S. The molecule has 1 fully saturated rings. The smallest absolute Gasteiger partial charge is 0.319 e. The molecule has 3 aromatic rings. The minimum atomic E-state index is -0.299. The third-order valence-corrected chi connectivity index (χ3v) is 5.88. The molecule has 8 nitrogen and oxygen atoms in total. The van der Waals surface area contributed by atoms with Crippen LogP contribution < -0.4 is 10.6 Å². The van der Waals surface area contributed by atoms with Gasteiger partial charge in [-0.25, -0.2) is 14.5 Å². The maximum absolute atomic E-state index is 12.4. The van der Waals surface area contributed by atoms with Gasteiger partial charge in [0, 0.05) is 55.4 Å². The fourth-order valence-electron chi connectivity index (χ4n) is 3.26. The molecule has 3 heterocycles. The Kier molecular flexibility index (Phi) is 6.83. The number of hydrogen-bond acceptors (Lipinski definition) is 5. The molecule has 4 rings (SSSR count). The van der Waals surface area contributed by atoms with E-state index < -0.39 is 0 Å². The van der Waals surface area contributed by atoms with Crippen LogP contribution in [0.2, 0.25) is 0 Å². The summed E-state index contributed by atoms with van der Waals surface area (Å²) >= 11 is 1.89. The molecule has 31 heavy (non-hydrogen) atoms. The van der Waals surface area contributed by atoms with E-state index in [0.29, 0.717) is 24.5 Å². The summed E-state index contributed by atoms with van der Waals surface area (Å²) in [4.78, 5) is 30.8. The van der Waals surface area contributed by atoms with E-state index in [1.54, 1.807) is 17.1 Å². The van der Waals surface area contributed by atoms with Gasteiger partial charge < -0.3 is 15.5 Å². The number of aromatic nitrogens is 3. The van der Waals surface area contributed by atoms with E-state index in [-0.39, 0.29) is 11.9 Å². The van der Waals surface area contributed by atoms with Crippen molar-refractivity contribution in [3.63, 3.8) is 0 Å². The van der Waals surface area contributed by atoms with Gasteiger partial charge in [-0.05, 0) is 41.5 Å². The number of rotatable bonds is 6. The molecule has 3 amide bonds. The van der Waals surface area contributed by atoms with E-state index in [1.807, 2.05) is 65.3 Å². The van der Waals surface area contributed by atoms with Crippen molar-refractivity contribution >= 4 is 29.4 Å². The fourth-order valence-corrected chi connectivity index (χ4v) is 4.17. The van der Waals surface area contributed by atoms with Gasteiger partial charge in [0.15, 0.2) is 5.82 Å². The second-order valence-electron chi connectivity index (χ2n) is 7.15.